The van der Waals surface area contributed by atoms with E-state index < -0.39 is 4.84 Å². The van der Waals surface area contributed by atoms with Crippen molar-refractivity contribution in [2.45, 2.75) is 4.84 Å². The Kier molecular flexibility index (Phi) is 4.99. The zero-order chi connectivity index (χ0) is 5.70. The lowest BCUT2D eigenvalue weighted by atomic mass is 10.7. The molecule has 0 unspecified atom stereocenters. The van der Waals surface area contributed by atoms with Crippen molar-refractivity contribution in [3.63, 3.8) is 0 Å². The number of aliphatic hydroxyl groups excluding tert-OH is 1. The summed E-state index contributed by atoms with van der Waals surface area (Å²) in [7, 11) is 0. The lowest BCUT2D eigenvalue weighted by Gasteiger charge is -1.97. The van der Waals surface area contributed by atoms with Crippen LogP contribution < -0.4 is 5.32 Å². The van der Waals surface area contributed by atoms with Crippen LogP contribution in [-0.4, -0.2) is 23.2 Å². The maximum Gasteiger partial charge on any atom is 0.120 e. The van der Waals surface area contributed by atoms with E-state index in [0.29, 0.717) is 6.54 Å². The number of nitrogens with one attached hydrogen (secondary N) is 1. The molecule has 0 amide bonds. The summed E-state index contributed by atoms with van der Waals surface area (Å²) < 4.78 is 0. The molecule has 0 aromatic heterocycles. The Morgan fingerprint density at radius 1 is 1.57 bits per heavy atom. The highest BCUT2D eigenvalue weighted by molar-refractivity contribution is 6.44. The number of hydrogen-bond donors (Lipinski definition) is 2. The van der Waals surface area contributed by atoms with E-state index in [0.717, 1.165) is 0 Å². The van der Waals surface area contributed by atoms with E-state index in [1.165, 1.54) is 0 Å². The Hall–Kier alpha value is 0.500. The molecule has 0 aliphatic heterocycles. The molecule has 0 radical (unpaired) electrons. The first-order chi connectivity index (χ1) is 3.27. The zero-order valence-corrected chi connectivity index (χ0v) is 5.21. The lowest BCUT2D eigenvalue weighted by molar-refractivity contribution is 0.263. The third-order valence-electron chi connectivity index (χ3n) is 0.410. The first-order valence-corrected chi connectivity index (χ1v) is 2.74. The van der Waals surface area contributed by atoms with Crippen LogP contribution >= 0.6 is 23.2 Å². The van der Waals surface area contributed by atoms with Crippen molar-refractivity contribution in [3.05, 3.63) is 0 Å². The molecule has 0 aromatic rings. The van der Waals surface area contributed by atoms with Gasteiger partial charge in [-0.15, -0.1) is 23.2 Å². The van der Waals surface area contributed by atoms with Crippen molar-refractivity contribution in [1.82, 2.24) is 5.32 Å². The number of hydrogen-bond acceptors (Lipinski definition) is 2. The van der Waals surface area contributed by atoms with Gasteiger partial charge in [0.25, 0.3) is 0 Å². The average molecular weight is 144 g/mol. The van der Waals surface area contributed by atoms with Crippen molar-refractivity contribution in [1.29, 1.82) is 0 Å². The van der Waals surface area contributed by atoms with Gasteiger partial charge in [0.1, 0.15) is 4.84 Å². The van der Waals surface area contributed by atoms with Gasteiger partial charge in [-0.3, -0.25) is 5.32 Å². The standard InChI is InChI=1S/C3H7Cl2NO/c4-3(5)1-6-2-7/h3,6-7H,1-2H2. The molecule has 44 valence electrons. The largest absolute Gasteiger partial charge is 0.381 e. The fourth-order valence-corrected chi connectivity index (χ4v) is 0.392. The molecule has 0 spiro atoms. The third-order valence-corrected chi connectivity index (χ3v) is 0.719. The molecule has 4 heteroatoms. The van der Waals surface area contributed by atoms with Crippen LogP contribution in [0.25, 0.3) is 0 Å². The van der Waals surface area contributed by atoms with Gasteiger partial charge >= 0.3 is 0 Å². The van der Waals surface area contributed by atoms with Crippen LogP contribution in [0.15, 0.2) is 0 Å². The Labute approximate surface area is 52.4 Å². The molecular formula is C3H7Cl2NO. The van der Waals surface area contributed by atoms with Gasteiger partial charge in [0, 0.05) is 6.54 Å². The second-order valence-electron chi connectivity index (χ2n) is 1.00. The van der Waals surface area contributed by atoms with Crippen LogP contribution in [0, 0.1) is 0 Å². The molecule has 0 aromatic carbocycles. The number of halogens is 2. The monoisotopic (exact) mass is 143 g/mol. The van der Waals surface area contributed by atoms with E-state index in [9.17, 15) is 0 Å². The summed E-state index contributed by atoms with van der Waals surface area (Å²) in [4.78, 5) is -0.424. The van der Waals surface area contributed by atoms with Crippen molar-refractivity contribution in [3.8, 4) is 0 Å². The van der Waals surface area contributed by atoms with E-state index in [1.54, 1.807) is 0 Å². The van der Waals surface area contributed by atoms with Gasteiger partial charge in [0.15, 0.2) is 0 Å². The van der Waals surface area contributed by atoms with Crippen LogP contribution in [-0.2, 0) is 0 Å². The SMILES string of the molecule is OCNCC(Cl)Cl. The van der Waals surface area contributed by atoms with E-state index in [4.69, 9.17) is 28.3 Å². The number of aliphatic hydroxyl groups is 1. The first kappa shape index (κ1) is 7.50. The van der Waals surface area contributed by atoms with Gasteiger partial charge in [0.05, 0.1) is 6.73 Å². The van der Waals surface area contributed by atoms with Crippen molar-refractivity contribution in [2.24, 2.45) is 0 Å². The first-order valence-electron chi connectivity index (χ1n) is 1.87. The second kappa shape index (κ2) is 4.65. The van der Waals surface area contributed by atoms with Gasteiger partial charge < -0.3 is 5.11 Å². The Bertz CT molecular complexity index is 41.9. The molecule has 0 fully saturated rings. The molecule has 0 saturated heterocycles. The molecule has 0 heterocycles. The highest BCUT2D eigenvalue weighted by Crippen LogP contribution is 1.96. The molecule has 0 aliphatic carbocycles. The lowest BCUT2D eigenvalue weighted by Crippen LogP contribution is -2.20. The predicted octanol–water partition coefficient (Wildman–Crippen LogP) is 0.330. The minimum Gasteiger partial charge on any atom is -0.381 e. The highest BCUT2D eigenvalue weighted by atomic mass is 35.5. The molecule has 7 heavy (non-hydrogen) atoms. The summed E-state index contributed by atoms with van der Waals surface area (Å²) in [6.45, 7) is 0.357. The van der Waals surface area contributed by atoms with Gasteiger partial charge in [0.2, 0.25) is 0 Å². The minimum atomic E-state index is -0.424. The van der Waals surface area contributed by atoms with Crippen LogP contribution in [0.2, 0.25) is 0 Å². The van der Waals surface area contributed by atoms with Crippen molar-refractivity contribution >= 4 is 23.2 Å². The van der Waals surface area contributed by atoms with Gasteiger partial charge in [-0.05, 0) is 0 Å². The van der Waals surface area contributed by atoms with E-state index in [1.807, 2.05) is 0 Å². The van der Waals surface area contributed by atoms with Crippen molar-refractivity contribution < 1.29 is 5.11 Å². The average Bonchev–Trinajstić information content (AvgIpc) is 1.61. The zero-order valence-electron chi connectivity index (χ0n) is 3.69. The molecule has 0 aliphatic rings. The predicted molar refractivity (Wildman–Crippen MR) is 30.6 cm³/mol. The van der Waals surface area contributed by atoms with Gasteiger partial charge in [-0.2, -0.15) is 0 Å². The Morgan fingerprint density at radius 3 is 2.29 bits per heavy atom. The summed E-state index contributed by atoms with van der Waals surface area (Å²) in [5, 5.41) is 10.6. The fourth-order valence-electron chi connectivity index (χ4n) is 0.174. The van der Waals surface area contributed by atoms with Crippen LogP contribution in [0.5, 0.6) is 0 Å². The minimum absolute atomic E-state index is 0.0735. The normalized spacial score (nSPS) is 10.3. The second-order valence-corrected chi connectivity index (χ2v) is 2.28. The smallest absolute Gasteiger partial charge is 0.120 e. The maximum atomic E-state index is 8.09. The fraction of sp³-hybridized carbons (Fsp3) is 1.00. The van der Waals surface area contributed by atoms with Gasteiger partial charge in [-0.25, -0.2) is 0 Å². The van der Waals surface area contributed by atoms with E-state index in [-0.39, 0.29) is 6.73 Å². The molecule has 0 bridgehead atoms. The van der Waals surface area contributed by atoms with Crippen LogP contribution in [0.4, 0.5) is 0 Å². The summed E-state index contributed by atoms with van der Waals surface area (Å²) in [5.74, 6) is 0. The summed E-state index contributed by atoms with van der Waals surface area (Å²) in [6.07, 6.45) is 0. The van der Waals surface area contributed by atoms with Crippen molar-refractivity contribution in [2.75, 3.05) is 13.3 Å². The molecular weight excluding hydrogens is 137 g/mol. The van der Waals surface area contributed by atoms with E-state index in [2.05, 4.69) is 5.32 Å². The topological polar surface area (TPSA) is 32.3 Å². The number of alkyl halides is 2. The number of rotatable bonds is 3. The molecule has 0 rings (SSSR count). The maximum absolute atomic E-state index is 8.09. The van der Waals surface area contributed by atoms with E-state index >= 15 is 0 Å². The third kappa shape index (κ3) is 6.50. The Morgan fingerprint density at radius 2 is 2.14 bits per heavy atom. The summed E-state index contributed by atoms with van der Waals surface area (Å²) in [5.41, 5.74) is 0. The Balaban J connectivity index is 2.68. The van der Waals surface area contributed by atoms with Gasteiger partial charge in [-0.1, -0.05) is 0 Å². The van der Waals surface area contributed by atoms with Crippen LogP contribution in [0.1, 0.15) is 0 Å². The molecule has 2 N–H and O–H groups in total. The van der Waals surface area contributed by atoms with Crippen LogP contribution in [0.3, 0.4) is 0 Å². The molecule has 2 nitrogen and oxygen atoms in total. The highest BCUT2D eigenvalue weighted by Gasteiger charge is 1.93. The summed E-state index contributed by atoms with van der Waals surface area (Å²) in [6, 6.07) is 0. The quantitative estimate of drug-likeness (QED) is 0.441. The summed E-state index contributed by atoms with van der Waals surface area (Å²) >= 11 is 10.5. The molecule has 0 atom stereocenters. The molecule has 0 saturated carbocycles.